The molecule has 1 rings (SSSR count). The molecule has 1 heteroatoms. The molecular weight excluding hydrogens is 208 g/mol. The van der Waals surface area contributed by atoms with Crippen molar-refractivity contribution < 1.29 is 4.74 Å². The standard InChI is InChI=1S/C16H18O/c1-3-5-6-7-11-14-16(17-4-2)15-12-9-8-10-13-15/h3,5-14H,1,4H2,2H3/b6-5-,11-7-,16-14-. The minimum Gasteiger partial charge on any atom is -0.493 e. The van der Waals surface area contributed by atoms with Crippen molar-refractivity contribution in [3.63, 3.8) is 0 Å². The molecule has 0 atom stereocenters. The predicted octanol–water partition coefficient (Wildman–Crippen LogP) is 4.36. The highest BCUT2D eigenvalue weighted by molar-refractivity contribution is 5.61. The summed E-state index contributed by atoms with van der Waals surface area (Å²) in [5, 5.41) is 0. The summed E-state index contributed by atoms with van der Waals surface area (Å²) in [7, 11) is 0. The van der Waals surface area contributed by atoms with Crippen LogP contribution in [0.1, 0.15) is 12.5 Å². The number of hydrogen-bond acceptors (Lipinski definition) is 1. The first-order valence-electron chi connectivity index (χ1n) is 5.72. The molecule has 0 radical (unpaired) electrons. The number of rotatable bonds is 6. The molecule has 0 aliphatic rings. The molecule has 17 heavy (non-hydrogen) atoms. The van der Waals surface area contributed by atoms with Crippen LogP contribution in [0.25, 0.3) is 5.76 Å². The van der Waals surface area contributed by atoms with Crippen LogP contribution in [0.5, 0.6) is 0 Å². The molecule has 0 aromatic heterocycles. The fraction of sp³-hybridized carbons (Fsp3) is 0.125. The lowest BCUT2D eigenvalue weighted by Gasteiger charge is -2.07. The fourth-order valence-electron chi connectivity index (χ4n) is 1.34. The zero-order valence-electron chi connectivity index (χ0n) is 10.2. The predicted molar refractivity (Wildman–Crippen MR) is 74.5 cm³/mol. The molecule has 1 aromatic rings. The van der Waals surface area contributed by atoms with E-state index in [-0.39, 0.29) is 0 Å². The summed E-state index contributed by atoms with van der Waals surface area (Å²) in [5.41, 5.74) is 1.09. The van der Waals surface area contributed by atoms with Gasteiger partial charge in [0.25, 0.3) is 0 Å². The number of ether oxygens (including phenoxy) is 1. The smallest absolute Gasteiger partial charge is 0.126 e. The minimum atomic E-state index is 0.664. The molecule has 88 valence electrons. The summed E-state index contributed by atoms with van der Waals surface area (Å²) in [5.74, 6) is 0.886. The Balaban J connectivity index is 2.79. The molecule has 0 heterocycles. The van der Waals surface area contributed by atoms with Crippen LogP contribution in [0.3, 0.4) is 0 Å². The highest BCUT2D eigenvalue weighted by Crippen LogP contribution is 2.15. The van der Waals surface area contributed by atoms with Gasteiger partial charge in [0.05, 0.1) is 6.61 Å². The van der Waals surface area contributed by atoms with Crippen LogP contribution in [0.4, 0.5) is 0 Å². The summed E-state index contributed by atoms with van der Waals surface area (Å²) < 4.78 is 5.60. The molecule has 1 nitrogen and oxygen atoms in total. The van der Waals surface area contributed by atoms with Crippen LogP contribution in [0, 0.1) is 0 Å². The maximum Gasteiger partial charge on any atom is 0.126 e. The first-order chi connectivity index (χ1) is 8.38. The lowest BCUT2D eigenvalue weighted by molar-refractivity contribution is 0.298. The first kappa shape index (κ1) is 13.0. The van der Waals surface area contributed by atoms with E-state index in [4.69, 9.17) is 4.74 Å². The quantitative estimate of drug-likeness (QED) is 0.517. The van der Waals surface area contributed by atoms with Crippen molar-refractivity contribution in [3.05, 3.63) is 78.9 Å². The van der Waals surface area contributed by atoms with Crippen molar-refractivity contribution in [2.75, 3.05) is 6.61 Å². The zero-order valence-corrected chi connectivity index (χ0v) is 10.2. The van der Waals surface area contributed by atoms with Gasteiger partial charge in [-0.05, 0) is 13.0 Å². The Morgan fingerprint density at radius 3 is 2.47 bits per heavy atom. The van der Waals surface area contributed by atoms with Crippen molar-refractivity contribution in [2.45, 2.75) is 6.92 Å². The van der Waals surface area contributed by atoms with Crippen LogP contribution in [-0.2, 0) is 4.74 Å². The Bertz CT molecular complexity index is 410. The van der Waals surface area contributed by atoms with E-state index in [0.717, 1.165) is 11.3 Å². The molecule has 0 aliphatic carbocycles. The molecule has 0 amide bonds. The SMILES string of the molecule is C=C\C=C/C=C\C=C(/OCC)c1ccccc1. The van der Waals surface area contributed by atoms with E-state index >= 15 is 0 Å². The van der Waals surface area contributed by atoms with E-state index < -0.39 is 0 Å². The molecule has 0 N–H and O–H groups in total. The van der Waals surface area contributed by atoms with Crippen LogP contribution in [-0.4, -0.2) is 6.61 Å². The van der Waals surface area contributed by atoms with E-state index in [1.807, 2.05) is 67.6 Å². The van der Waals surface area contributed by atoms with Crippen molar-refractivity contribution in [2.24, 2.45) is 0 Å². The summed E-state index contributed by atoms with van der Waals surface area (Å²) >= 11 is 0. The third-order valence-electron chi connectivity index (χ3n) is 2.08. The zero-order chi connectivity index (χ0) is 12.3. The van der Waals surface area contributed by atoms with Crippen LogP contribution >= 0.6 is 0 Å². The van der Waals surface area contributed by atoms with Crippen LogP contribution in [0.2, 0.25) is 0 Å². The third kappa shape index (κ3) is 5.03. The highest BCUT2D eigenvalue weighted by Gasteiger charge is 1.98. The lowest BCUT2D eigenvalue weighted by atomic mass is 10.2. The van der Waals surface area contributed by atoms with Gasteiger partial charge in [0.15, 0.2) is 0 Å². The van der Waals surface area contributed by atoms with Crippen molar-refractivity contribution in [1.82, 2.24) is 0 Å². The van der Waals surface area contributed by atoms with Gasteiger partial charge >= 0.3 is 0 Å². The normalized spacial score (nSPS) is 12.2. The van der Waals surface area contributed by atoms with Crippen molar-refractivity contribution in [3.8, 4) is 0 Å². The van der Waals surface area contributed by atoms with Crippen LogP contribution < -0.4 is 0 Å². The Morgan fingerprint density at radius 2 is 1.82 bits per heavy atom. The molecule has 0 unspecified atom stereocenters. The van der Waals surface area contributed by atoms with Gasteiger partial charge < -0.3 is 4.74 Å². The van der Waals surface area contributed by atoms with Gasteiger partial charge in [-0.3, -0.25) is 0 Å². The molecule has 1 aromatic carbocycles. The minimum absolute atomic E-state index is 0.664. The van der Waals surface area contributed by atoms with E-state index in [1.54, 1.807) is 6.08 Å². The van der Waals surface area contributed by atoms with Gasteiger partial charge in [-0.1, -0.05) is 67.3 Å². The average molecular weight is 226 g/mol. The molecule has 0 bridgehead atoms. The second kappa shape index (κ2) is 8.17. The molecule has 0 saturated heterocycles. The second-order valence-electron chi connectivity index (χ2n) is 3.34. The number of hydrogen-bond donors (Lipinski definition) is 0. The molecule has 0 spiro atoms. The Morgan fingerprint density at radius 1 is 1.12 bits per heavy atom. The number of benzene rings is 1. The van der Waals surface area contributed by atoms with Crippen molar-refractivity contribution in [1.29, 1.82) is 0 Å². The Hall–Kier alpha value is -2.02. The summed E-state index contributed by atoms with van der Waals surface area (Å²) in [6.07, 6.45) is 11.4. The summed E-state index contributed by atoms with van der Waals surface area (Å²) in [6, 6.07) is 10.1. The fourth-order valence-corrected chi connectivity index (χ4v) is 1.34. The second-order valence-corrected chi connectivity index (χ2v) is 3.34. The summed E-state index contributed by atoms with van der Waals surface area (Å²) in [4.78, 5) is 0. The van der Waals surface area contributed by atoms with Crippen molar-refractivity contribution >= 4 is 5.76 Å². The molecule has 0 saturated carbocycles. The molecule has 0 aliphatic heterocycles. The maximum atomic E-state index is 5.60. The van der Waals surface area contributed by atoms with Gasteiger partial charge in [0.1, 0.15) is 5.76 Å². The monoisotopic (exact) mass is 226 g/mol. The van der Waals surface area contributed by atoms with E-state index in [0.29, 0.717) is 6.61 Å². The number of allylic oxidation sites excluding steroid dienone is 6. The van der Waals surface area contributed by atoms with E-state index in [9.17, 15) is 0 Å². The van der Waals surface area contributed by atoms with E-state index in [1.165, 1.54) is 0 Å². The molecule has 0 fully saturated rings. The molecular formula is C16H18O. The lowest BCUT2D eigenvalue weighted by Crippen LogP contribution is -1.90. The van der Waals surface area contributed by atoms with Gasteiger partial charge in [0.2, 0.25) is 0 Å². The first-order valence-corrected chi connectivity index (χ1v) is 5.72. The maximum absolute atomic E-state index is 5.60. The largest absolute Gasteiger partial charge is 0.493 e. The summed E-state index contributed by atoms with van der Waals surface area (Å²) in [6.45, 7) is 6.26. The van der Waals surface area contributed by atoms with E-state index in [2.05, 4.69) is 6.58 Å². The highest BCUT2D eigenvalue weighted by atomic mass is 16.5. The Kier molecular flexibility index (Phi) is 6.27. The Labute approximate surface area is 103 Å². The van der Waals surface area contributed by atoms with Gasteiger partial charge in [-0.25, -0.2) is 0 Å². The average Bonchev–Trinajstić information content (AvgIpc) is 2.38. The topological polar surface area (TPSA) is 9.23 Å². The van der Waals surface area contributed by atoms with Gasteiger partial charge in [-0.2, -0.15) is 0 Å². The van der Waals surface area contributed by atoms with Gasteiger partial charge in [0, 0.05) is 5.56 Å². The third-order valence-corrected chi connectivity index (χ3v) is 2.08. The van der Waals surface area contributed by atoms with Gasteiger partial charge in [-0.15, -0.1) is 0 Å². The van der Waals surface area contributed by atoms with Crippen LogP contribution in [0.15, 0.2) is 73.4 Å².